The number of nitrogens with one attached hydrogen (secondary N) is 2. The number of ether oxygens (including phenoxy) is 2. The van der Waals surface area contributed by atoms with Gasteiger partial charge in [0, 0.05) is 11.4 Å². The average Bonchev–Trinajstić information content (AvgIpc) is 2.83. The van der Waals surface area contributed by atoms with E-state index in [-0.39, 0.29) is 34.0 Å². The predicted octanol–water partition coefficient (Wildman–Crippen LogP) is -4.27. The van der Waals surface area contributed by atoms with Crippen molar-refractivity contribution < 1.29 is 53.2 Å². The predicted molar refractivity (Wildman–Crippen MR) is 151 cm³/mol. The molecule has 0 aliphatic rings. The molecule has 0 unspecified atom stereocenters. The van der Waals surface area contributed by atoms with Crippen molar-refractivity contribution in [3.63, 3.8) is 0 Å². The molecule has 2 aromatic carbocycles. The lowest BCUT2D eigenvalue weighted by Gasteiger charge is -2.16. The smallest absolute Gasteiger partial charge is 0.142 e. The van der Waals surface area contributed by atoms with Crippen LogP contribution in [0.3, 0.4) is 0 Å². The second kappa shape index (κ2) is 24.5. The molecule has 0 radical (unpaired) electrons. The SMILES string of the molecule is CCC.CC[NH+](CC)CCOc1ccc(N)cc1N.CC[NH+](CC)CCOc1ccc(N)cc1N.[Br-].[Br-]. The zero-order valence-corrected chi connectivity index (χ0v) is 26.9. The summed E-state index contributed by atoms with van der Waals surface area (Å²) in [4.78, 5) is 3.04. The molecular formula is C27H52Br2N6O2. The number of quaternary nitrogens is 2. The summed E-state index contributed by atoms with van der Waals surface area (Å²) in [5.41, 5.74) is 25.3. The number of hydrogen-bond donors (Lipinski definition) is 6. The van der Waals surface area contributed by atoms with Crippen LogP contribution in [0, 0.1) is 0 Å². The number of nitrogen functional groups attached to an aromatic ring is 4. The van der Waals surface area contributed by atoms with Gasteiger partial charge in [0.25, 0.3) is 0 Å². The van der Waals surface area contributed by atoms with E-state index in [2.05, 4.69) is 41.5 Å². The molecule has 0 amide bonds. The van der Waals surface area contributed by atoms with Crippen LogP contribution in [0.25, 0.3) is 0 Å². The Bertz CT molecular complexity index is 741. The molecule has 8 nitrogen and oxygen atoms in total. The van der Waals surface area contributed by atoms with E-state index < -0.39 is 0 Å². The minimum atomic E-state index is 0. The lowest BCUT2D eigenvalue weighted by atomic mass is 10.2. The highest BCUT2D eigenvalue weighted by Crippen LogP contribution is 2.23. The first-order valence-electron chi connectivity index (χ1n) is 13.0. The third-order valence-corrected chi connectivity index (χ3v) is 5.49. The minimum Gasteiger partial charge on any atom is -1.00 e. The first-order valence-corrected chi connectivity index (χ1v) is 13.0. The molecule has 0 fully saturated rings. The van der Waals surface area contributed by atoms with Crippen molar-refractivity contribution in [2.45, 2.75) is 48.0 Å². The van der Waals surface area contributed by atoms with Gasteiger partial charge >= 0.3 is 0 Å². The molecule has 0 heterocycles. The van der Waals surface area contributed by atoms with Crippen LogP contribution < -0.4 is 76.2 Å². The van der Waals surface area contributed by atoms with Crippen molar-refractivity contribution in [3.8, 4) is 11.5 Å². The van der Waals surface area contributed by atoms with Crippen LogP contribution in [0.5, 0.6) is 11.5 Å². The lowest BCUT2D eigenvalue weighted by Crippen LogP contribution is -3.12. The van der Waals surface area contributed by atoms with E-state index in [0.717, 1.165) is 50.8 Å². The number of halogens is 2. The molecule has 0 saturated heterocycles. The standard InChI is InChI=1S/2C12H21N3O.C3H8.2BrH/c2*1-3-15(4-2)7-8-16-12-6-5-10(13)9-11(12)14;1-3-2;;/h2*5-6,9H,3-4,7-8,13-14H2,1-2H3;3H2,1-2H3;2*1H. The third kappa shape index (κ3) is 18.1. The molecule has 2 aromatic rings. The molecule has 10 N–H and O–H groups in total. The van der Waals surface area contributed by atoms with Crippen LogP contribution in [0.4, 0.5) is 22.7 Å². The van der Waals surface area contributed by atoms with Crippen molar-refractivity contribution in [1.29, 1.82) is 0 Å². The Hall–Kier alpha value is -1.88. The fraction of sp³-hybridized carbons (Fsp3) is 0.556. The third-order valence-electron chi connectivity index (χ3n) is 5.49. The fourth-order valence-corrected chi connectivity index (χ4v) is 3.21. The summed E-state index contributed by atoms with van der Waals surface area (Å²) in [6.45, 7) is 20.8. The van der Waals surface area contributed by atoms with Crippen molar-refractivity contribution >= 4 is 22.7 Å². The second-order valence-corrected chi connectivity index (χ2v) is 8.41. The van der Waals surface area contributed by atoms with Gasteiger partial charge in [0.1, 0.15) is 37.8 Å². The molecule has 0 atom stereocenters. The van der Waals surface area contributed by atoms with Crippen molar-refractivity contribution in [2.75, 3.05) is 75.4 Å². The van der Waals surface area contributed by atoms with Gasteiger partial charge in [-0.05, 0) is 64.1 Å². The summed E-state index contributed by atoms with van der Waals surface area (Å²) in [6, 6.07) is 10.7. The zero-order valence-electron chi connectivity index (χ0n) is 23.7. The monoisotopic (exact) mass is 650 g/mol. The maximum absolute atomic E-state index is 5.79. The van der Waals surface area contributed by atoms with Crippen LogP contribution >= 0.6 is 0 Å². The van der Waals surface area contributed by atoms with Crippen LogP contribution in [-0.4, -0.2) is 52.5 Å². The zero-order chi connectivity index (χ0) is 26.6. The summed E-state index contributed by atoms with van der Waals surface area (Å²) in [7, 11) is 0. The Morgan fingerprint density at radius 1 is 0.568 bits per heavy atom. The van der Waals surface area contributed by atoms with E-state index in [1.165, 1.54) is 16.2 Å². The molecule has 0 saturated carbocycles. The Morgan fingerprint density at radius 3 is 1.11 bits per heavy atom. The molecule has 0 aliphatic carbocycles. The molecule has 0 bridgehead atoms. The fourth-order valence-electron chi connectivity index (χ4n) is 3.21. The maximum Gasteiger partial charge on any atom is 0.142 e. The van der Waals surface area contributed by atoms with Gasteiger partial charge in [-0.1, -0.05) is 20.3 Å². The number of nitrogens with two attached hydrogens (primary N) is 4. The maximum atomic E-state index is 5.79. The van der Waals surface area contributed by atoms with Gasteiger partial charge < -0.3 is 76.2 Å². The summed E-state index contributed by atoms with van der Waals surface area (Å²) < 4.78 is 11.2. The van der Waals surface area contributed by atoms with E-state index in [4.69, 9.17) is 32.4 Å². The van der Waals surface area contributed by atoms with Crippen LogP contribution in [-0.2, 0) is 0 Å². The summed E-state index contributed by atoms with van der Waals surface area (Å²) in [5.74, 6) is 1.45. The molecular weight excluding hydrogens is 600 g/mol. The first kappa shape index (κ1) is 39.6. The largest absolute Gasteiger partial charge is 1.00 e. The minimum absolute atomic E-state index is 0. The Labute approximate surface area is 246 Å². The van der Waals surface area contributed by atoms with Gasteiger partial charge in [0.2, 0.25) is 0 Å². The number of likely N-dealkylation sites (N-methyl/N-ethyl adjacent to an activating group) is 2. The van der Waals surface area contributed by atoms with Crippen molar-refractivity contribution in [3.05, 3.63) is 36.4 Å². The number of anilines is 4. The summed E-state index contributed by atoms with van der Waals surface area (Å²) >= 11 is 0. The van der Waals surface area contributed by atoms with Crippen molar-refractivity contribution in [2.24, 2.45) is 0 Å². The molecule has 0 aliphatic heterocycles. The molecule has 216 valence electrons. The van der Waals surface area contributed by atoms with E-state index in [1.807, 2.05) is 12.1 Å². The average molecular weight is 653 g/mol. The Kier molecular flexibility index (Phi) is 26.2. The van der Waals surface area contributed by atoms with Gasteiger partial charge in [-0.2, -0.15) is 0 Å². The molecule has 10 heteroatoms. The quantitative estimate of drug-likeness (QED) is 0.129. The van der Waals surface area contributed by atoms with Crippen LogP contribution in [0.2, 0.25) is 0 Å². The summed E-state index contributed by atoms with van der Waals surface area (Å²) in [5, 5.41) is 0. The van der Waals surface area contributed by atoms with Gasteiger partial charge in [0.15, 0.2) is 0 Å². The first-order chi connectivity index (χ1) is 16.8. The highest BCUT2D eigenvalue weighted by atomic mass is 79.9. The Balaban J connectivity index is -0.000000538. The van der Waals surface area contributed by atoms with E-state index >= 15 is 0 Å². The van der Waals surface area contributed by atoms with E-state index in [0.29, 0.717) is 36.0 Å². The summed E-state index contributed by atoms with van der Waals surface area (Å²) in [6.07, 6.45) is 1.25. The van der Waals surface area contributed by atoms with Gasteiger partial charge in [-0.15, -0.1) is 0 Å². The number of rotatable bonds is 12. The lowest BCUT2D eigenvalue weighted by molar-refractivity contribution is -0.896. The van der Waals surface area contributed by atoms with Gasteiger partial charge in [-0.3, -0.25) is 0 Å². The highest BCUT2D eigenvalue weighted by Gasteiger charge is 2.06. The number of benzene rings is 2. The topological polar surface area (TPSA) is 131 Å². The van der Waals surface area contributed by atoms with Crippen LogP contribution in [0.1, 0.15) is 48.0 Å². The van der Waals surface area contributed by atoms with Gasteiger partial charge in [-0.25, -0.2) is 0 Å². The van der Waals surface area contributed by atoms with Gasteiger partial charge in [0.05, 0.1) is 37.6 Å². The number of hydrogen-bond acceptors (Lipinski definition) is 6. The second-order valence-electron chi connectivity index (χ2n) is 8.41. The van der Waals surface area contributed by atoms with E-state index in [9.17, 15) is 0 Å². The molecule has 37 heavy (non-hydrogen) atoms. The molecule has 0 aromatic heterocycles. The molecule has 0 spiro atoms. The van der Waals surface area contributed by atoms with E-state index in [1.54, 1.807) is 24.3 Å². The van der Waals surface area contributed by atoms with Crippen LogP contribution in [0.15, 0.2) is 36.4 Å². The van der Waals surface area contributed by atoms with Crippen molar-refractivity contribution in [1.82, 2.24) is 0 Å². The normalized spacial score (nSPS) is 9.73. The Morgan fingerprint density at radius 2 is 0.865 bits per heavy atom. The molecule has 2 rings (SSSR count). The highest BCUT2D eigenvalue weighted by molar-refractivity contribution is 5.61.